The van der Waals surface area contributed by atoms with E-state index in [0.717, 1.165) is 47.0 Å². The molecule has 0 bridgehead atoms. The van der Waals surface area contributed by atoms with Crippen molar-refractivity contribution in [2.75, 3.05) is 12.9 Å². The van der Waals surface area contributed by atoms with Crippen molar-refractivity contribution in [3.8, 4) is 11.1 Å². The molecule has 0 heterocycles. The molecule has 0 fully saturated rings. The van der Waals surface area contributed by atoms with Crippen LogP contribution in [-0.4, -0.2) is 40.4 Å². The molecule has 0 spiro atoms. The van der Waals surface area contributed by atoms with E-state index in [9.17, 15) is 14.7 Å². The quantitative estimate of drug-likeness (QED) is 0.621. The number of unbranched alkanes of at least 4 members (excludes halogenated alkanes) is 1. The predicted molar refractivity (Wildman–Crippen MR) is 111 cm³/mol. The summed E-state index contributed by atoms with van der Waals surface area (Å²) < 4.78 is 6.85. The molecule has 1 aliphatic rings. The molecule has 28 heavy (non-hydrogen) atoms. The Labute approximate surface area is 169 Å². The molecule has 1 amide bonds. The third kappa shape index (κ3) is 4.02. The summed E-state index contributed by atoms with van der Waals surface area (Å²) in [6, 6.07) is 15.4. The smallest absolute Gasteiger partial charge is 0.420 e. The maximum absolute atomic E-state index is 12.7. The maximum Gasteiger partial charge on any atom is 0.420 e. The topological polar surface area (TPSA) is 66.8 Å². The second-order valence-electron chi connectivity index (χ2n) is 6.81. The van der Waals surface area contributed by atoms with Crippen molar-refractivity contribution in [1.82, 2.24) is 4.31 Å². The van der Waals surface area contributed by atoms with Gasteiger partial charge in [0.25, 0.3) is 0 Å². The van der Waals surface area contributed by atoms with E-state index in [1.165, 1.54) is 4.31 Å². The van der Waals surface area contributed by atoms with Crippen LogP contribution < -0.4 is 0 Å². The Morgan fingerprint density at radius 2 is 1.68 bits per heavy atom. The van der Waals surface area contributed by atoms with Crippen molar-refractivity contribution in [2.24, 2.45) is 0 Å². The van der Waals surface area contributed by atoms with E-state index in [1.807, 2.05) is 31.2 Å². The van der Waals surface area contributed by atoms with Gasteiger partial charge in [0.05, 0.1) is 0 Å². The summed E-state index contributed by atoms with van der Waals surface area (Å²) in [5.41, 5.74) is 4.58. The van der Waals surface area contributed by atoms with E-state index in [1.54, 1.807) is 6.26 Å². The van der Waals surface area contributed by atoms with E-state index < -0.39 is 18.1 Å². The molecule has 6 heteroatoms. The fourth-order valence-electron chi connectivity index (χ4n) is 3.73. The zero-order valence-corrected chi connectivity index (χ0v) is 16.9. The maximum atomic E-state index is 12.7. The third-order valence-electron chi connectivity index (χ3n) is 5.11. The number of carboxylic acids is 1. The fraction of sp³-hybridized carbons (Fsp3) is 0.364. The van der Waals surface area contributed by atoms with E-state index in [0.29, 0.717) is 6.42 Å². The molecule has 1 unspecified atom stereocenters. The van der Waals surface area contributed by atoms with Crippen molar-refractivity contribution in [3.05, 3.63) is 59.7 Å². The molecule has 0 aliphatic heterocycles. The van der Waals surface area contributed by atoms with Gasteiger partial charge in [0, 0.05) is 12.2 Å². The molecule has 0 aromatic heterocycles. The first-order chi connectivity index (χ1) is 13.6. The zero-order valence-electron chi connectivity index (χ0n) is 16.1. The van der Waals surface area contributed by atoms with Gasteiger partial charge in [-0.25, -0.2) is 13.9 Å². The Kier molecular flexibility index (Phi) is 6.62. The number of hydrogen-bond acceptors (Lipinski definition) is 4. The lowest BCUT2D eigenvalue weighted by Gasteiger charge is -2.26. The largest absolute Gasteiger partial charge is 0.480 e. The number of carbonyl (C=O) groups is 2. The highest BCUT2D eigenvalue weighted by molar-refractivity contribution is 7.96. The number of carbonyl (C=O) groups excluding carboxylic acids is 1. The Morgan fingerprint density at radius 3 is 2.18 bits per heavy atom. The van der Waals surface area contributed by atoms with Gasteiger partial charge in [-0.2, -0.15) is 0 Å². The van der Waals surface area contributed by atoms with Crippen molar-refractivity contribution in [1.29, 1.82) is 0 Å². The monoisotopic (exact) mass is 399 g/mol. The van der Waals surface area contributed by atoms with Crippen LogP contribution in [0.1, 0.15) is 43.2 Å². The van der Waals surface area contributed by atoms with Gasteiger partial charge in [0.2, 0.25) is 0 Å². The summed E-state index contributed by atoms with van der Waals surface area (Å²) in [6.07, 6.45) is 3.12. The van der Waals surface area contributed by atoms with E-state index >= 15 is 0 Å². The number of aliphatic carboxylic acids is 1. The molecule has 148 valence electrons. The average molecular weight is 400 g/mol. The molecular formula is C22H25NO4S. The first-order valence-corrected chi connectivity index (χ1v) is 10.7. The molecule has 3 rings (SSSR count). The first kappa shape index (κ1) is 20.3. The molecule has 0 radical (unpaired) electrons. The molecule has 1 N–H and O–H groups in total. The van der Waals surface area contributed by atoms with Gasteiger partial charge in [-0.05, 0) is 40.6 Å². The van der Waals surface area contributed by atoms with Crippen LogP contribution in [-0.2, 0) is 9.53 Å². The number of amides is 1. The standard InChI is InChI=1S/C22H25NO4S/c1-3-4-13-20(21(24)25)23(28-2)22(26)27-14-19-17-11-7-5-9-15(17)16-10-6-8-12-18(16)19/h5-12,19-20H,3-4,13-14H2,1-2H3,(H,24,25). The minimum Gasteiger partial charge on any atom is -0.480 e. The first-order valence-electron chi connectivity index (χ1n) is 9.49. The summed E-state index contributed by atoms with van der Waals surface area (Å²) in [5, 5.41) is 9.53. The minimum atomic E-state index is -1.00. The fourth-order valence-corrected chi connectivity index (χ4v) is 4.38. The lowest BCUT2D eigenvalue weighted by Crippen LogP contribution is -2.41. The Bertz CT molecular complexity index is 808. The summed E-state index contributed by atoms with van der Waals surface area (Å²) in [7, 11) is 0. The summed E-state index contributed by atoms with van der Waals surface area (Å²) in [5.74, 6) is -1.05. The Balaban J connectivity index is 1.75. The predicted octanol–water partition coefficient (Wildman–Crippen LogP) is 5.16. The highest BCUT2D eigenvalue weighted by Crippen LogP contribution is 2.44. The van der Waals surface area contributed by atoms with Crippen LogP contribution in [0.2, 0.25) is 0 Å². The molecular weight excluding hydrogens is 374 g/mol. The van der Waals surface area contributed by atoms with Crippen LogP contribution in [0, 0.1) is 0 Å². The van der Waals surface area contributed by atoms with Crippen LogP contribution in [0.15, 0.2) is 48.5 Å². The van der Waals surface area contributed by atoms with Gasteiger partial charge in [0.15, 0.2) is 0 Å². The Hall–Kier alpha value is -2.47. The van der Waals surface area contributed by atoms with Crippen molar-refractivity contribution in [2.45, 2.75) is 38.1 Å². The van der Waals surface area contributed by atoms with Crippen molar-refractivity contribution >= 4 is 24.0 Å². The van der Waals surface area contributed by atoms with Crippen molar-refractivity contribution in [3.63, 3.8) is 0 Å². The molecule has 0 saturated carbocycles. The SMILES string of the molecule is CCCCC(C(=O)O)N(SC)C(=O)OCC1c2ccccc2-c2ccccc21. The summed E-state index contributed by atoms with van der Waals surface area (Å²) in [4.78, 5) is 24.3. The Morgan fingerprint density at radius 1 is 1.11 bits per heavy atom. The second kappa shape index (κ2) is 9.15. The lowest BCUT2D eigenvalue weighted by molar-refractivity contribution is -0.141. The molecule has 5 nitrogen and oxygen atoms in total. The van der Waals surface area contributed by atoms with E-state index in [4.69, 9.17) is 4.74 Å². The van der Waals surface area contributed by atoms with Gasteiger partial charge >= 0.3 is 12.1 Å². The van der Waals surface area contributed by atoms with Crippen LogP contribution in [0.3, 0.4) is 0 Å². The molecule has 0 saturated heterocycles. The highest BCUT2D eigenvalue weighted by atomic mass is 32.2. The normalized spacial score (nSPS) is 13.5. The van der Waals surface area contributed by atoms with Crippen molar-refractivity contribution < 1.29 is 19.4 Å². The number of carboxylic acid groups (broad SMARTS) is 1. The number of hydrogen-bond donors (Lipinski definition) is 1. The molecule has 1 atom stereocenters. The molecule has 2 aromatic rings. The van der Waals surface area contributed by atoms with Gasteiger partial charge in [-0.1, -0.05) is 68.3 Å². The van der Waals surface area contributed by atoms with Crippen LogP contribution in [0.4, 0.5) is 4.79 Å². The van der Waals surface area contributed by atoms with E-state index in [-0.39, 0.29) is 12.5 Å². The van der Waals surface area contributed by atoms with Gasteiger partial charge < -0.3 is 9.84 Å². The van der Waals surface area contributed by atoms with Crippen LogP contribution in [0.25, 0.3) is 11.1 Å². The van der Waals surface area contributed by atoms with Gasteiger partial charge in [-0.15, -0.1) is 0 Å². The number of benzene rings is 2. The number of rotatable bonds is 8. The lowest BCUT2D eigenvalue weighted by atomic mass is 9.98. The van der Waals surface area contributed by atoms with Crippen LogP contribution >= 0.6 is 11.9 Å². The number of ether oxygens (including phenoxy) is 1. The number of nitrogens with zero attached hydrogens (tertiary/aromatic N) is 1. The van der Waals surface area contributed by atoms with Crippen LogP contribution in [0.5, 0.6) is 0 Å². The summed E-state index contributed by atoms with van der Waals surface area (Å²) >= 11 is 1.10. The summed E-state index contributed by atoms with van der Waals surface area (Å²) in [6.45, 7) is 2.18. The van der Waals surface area contributed by atoms with Gasteiger partial charge in [0.1, 0.15) is 12.6 Å². The molecule has 2 aromatic carbocycles. The molecule has 1 aliphatic carbocycles. The third-order valence-corrected chi connectivity index (χ3v) is 5.91. The van der Waals surface area contributed by atoms with E-state index in [2.05, 4.69) is 24.3 Å². The minimum absolute atomic E-state index is 0.0426. The highest BCUT2D eigenvalue weighted by Gasteiger charge is 2.33. The second-order valence-corrected chi connectivity index (χ2v) is 7.57. The average Bonchev–Trinajstić information content (AvgIpc) is 3.03. The number of fused-ring (bicyclic) bond motifs is 3. The van der Waals surface area contributed by atoms with Gasteiger partial charge in [-0.3, -0.25) is 0 Å². The zero-order chi connectivity index (χ0) is 20.1.